The number of hydrogen-bond acceptors (Lipinski definition) is 3. The van der Waals surface area contributed by atoms with Gasteiger partial charge in [0.05, 0.1) is 18.3 Å². The number of alkyl halides is 3. The first kappa shape index (κ1) is 18.3. The van der Waals surface area contributed by atoms with Crippen LogP contribution in [0, 0.1) is 0 Å². The Hall–Kier alpha value is -0.790. The third kappa shape index (κ3) is 6.67. The van der Waals surface area contributed by atoms with Crippen molar-refractivity contribution in [2.75, 3.05) is 25.1 Å². The topological polar surface area (TPSA) is 41.5 Å². The van der Waals surface area contributed by atoms with Crippen LogP contribution in [0.5, 0.6) is 0 Å². The third-order valence-electron chi connectivity index (χ3n) is 2.77. The summed E-state index contributed by atoms with van der Waals surface area (Å²) in [6, 6.07) is 3.86. The minimum absolute atomic E-state index is 0.0102. The molecule has 3 nitrogen and oxygen atoms in total. The average Bonchev–Trinajstić information content (AvgIpc) is 2.41. The standard InChI is InChI=1S/C14H19BrF3NO2/c1-2-3-6-21-9-11(20)8-19-10-4-5-13(15)12(7-10)14(16,17)18/h4-5,7,11,19-20H,2-3,6,8-9H2,1H3. The van der Waals surface area contributed by atoms with Crippen LogP contribution in [0.3, 0.4) is 0 Å². The van der Waals surface area contributed by atoms with Crippen molar-refractivity contribution >= 4 is 21.6 Å². The smallest absolute Gasteiger partial charge is 0.389 e. The molecule has 1 aromatic rings. The molecule has 0 heterocycles. The molecule has 0 saturated heterocycles. The Balaban J connectivity index is 2.48. The van der Waals surface area contributed by atoms with Crippen molar-refractivity contribution in [1.82, 2.24) is 0 Å². The number of halogens is 4. The van der Waals surface area contributed by atoms with Gasteiger partial charge in [-0.3, -0.25) is 0 Å². The summed E-state index contributed by atoms with van der Waals surface area (Å²) >= 11 is 2.88. The van der Waals surface area contributed by atoms with Gasteiger partial charge < -0.3 is 15.2 Å². The molecule has 0 aliphatic carbocycles. The third-order valence-corrected chi connectivity index (χ3v) is 3.46. The van der Waals surface area contributed by atoms with Crippen LogP contribution in [0.2, 0.25) is 0 Å². The van der Waals surface area contributed by atoms with Gasteiger partial charge in [0.1, 0.15) is 0 Å². The van der Waals surface area contributed by atoms with Crippen molar-refractivity contribution in [2.24, 2.45) is 0 Å². The van der Waals surface area contributed by atoms with Gasteiger partial charge in [-0.1, -0.05) is 29.3 Å². The second kappa shape index (κ2) is 8.60. The highest BCUT2D eigenvalue weighted by Gasteiger charge is 2.33. The molecule has 0 radical (unpaired) electrons. The molecule has 1 atom stereocenters. The molecule has 0 bridgehead atoms. The Kier molecular flexibility index (Phi) is 7.48. The first-order valence-corrected chi connectivity index (χ1v) is 7.50. The maximum Gasteiger partial charge on any atom is 0.417 e. The van der Waals surface area contributed by atoms with E-state index < -0.39 is 17.8 Å². The van der Waals surface area contributed by atoms with E-state index in [1.54, 1.807) is 0 Å². The second-order valence-electron chi connectivity index (χ2n) is 4.66. The Labute approximate surface area is 130 Å². The van der Waals surface area contributed by atoms with E-state index in [4.69, 9.17) is 4.74 Å². The molecule has 0 fully saturated rings. The first-order chi connectivity index (χ1) is 9.84. The Morgan fingerprint density at radius 3 is 2.71 bits per heavy atom. The largest absolute Gasteiger partial charge is 0.417 e. The molecule has 1 unspecified atom stereocenters. The Morgan fingerprint density at radius 1 is 1.38 bits per heavy atom. The second-order valence-corrected chi connectivity index (χ2v) is 5.51. The summed E-state index contributed by atoms with van der Waals surface area (Å²) < 4.78 is 43.5. The van der Waals surface area contributed by atoms with Gasteiger partial charge in [-0.25, -0.2) is 0 Å². The van der Waals surface area contributed by atoms with Crippen LogP contribution in [0.4, 0.5) is 18.9 Å². The number of aliphatic hydroxyl groups is 1. The lowest BCUT2D eigenvalue weighted by atomic mass is 10.2. The van der Waals surface area contributed by atoms with Gasteiger partial charge in [0.25, 0.3) is 0 Å². The van der Waals surface area contributed by atoms with Gasteiger partial charge in [-0.05, 0) is 24.6 Å². The summed E-state index contributed by atoms with van der Waals surface area (Å²) in [5.41, 5.74) is -0.445. The molecule has 1 rings (SSSR count). The highest BCUT2D eigenvalue weighted by atomic mass is 79.9. The molecule has 2 N–H and O–H groups in total. The van der Waals surface area contributed by atoms with Crippen molar-refractivity contribution in [3.63, 3.8) is 0 Å². The Morgan fingerprint density at radius 2 is 2.10 bits per heavy atom. The van der Waals surface area contributed by atoms with Crippen LogP contribution in [0.1, 0.15) is 25.3 Å². The van der Waals surface area contributed by atoms with Crippen molar-refractivity contribution in [3.8, 4) is 0 Å². The Bertz CT molecular complexity index is 441. The molecular weight excluding hydrogens is 351 g/mol. The fourth-order valence-electron chi connectivity index (χ4n) is 1.61. The first-order valence-electron chi connectivity index (χ1n) is 6.71. The number of rotatable bonds is 8. The normalized spacial score (nSPS) is 13.2. The van der Waals surface area contributed by atoms with Gasteiger partial charge in [0.2, 0.25) is 0 Å². The van der Waals surface area contributed by atoms with Crippen molar-refractivity contribution in [2.45, 2.75) is 32.0 Å². The minimum atomic E-state index is -4.42. The monoisotopic (exact) mass is 369 g/mol. The fourth-order valence-corrected chi connectivity index (χ4v) is 2.08. The predicted molar refractivity (Wildman–Crippen MR) is 79.4 cm³/mol. The molecule has 1 aromatic carbocycles. The number of anilines is 1. The lowest BCUT2D eigenvalue weighted by molar-refractivity contribution is -0.138. The maximum absolute atomic E-state index is 12.7. The van der Waals surface area contributed by atoms with Crippen LogP contribution in [0.15, 0.2) is 22.7 Å². The predicted octanol–water partition coefficient (Wildman–Crippen LogP) is 4.06. The van der Waals surface area contributed by atoms with Crippen LogP contribution >= 0.6 is 15.9 Å². The van der Waals surface area contributed by atoms with Crippen molar-refractivity contribution in [1.29, 1.82) is 0 Å². The minimum Gasteiger partial charge on any atom is -0.389 e. The highest BCUT2D eigenvalue weighted by Crippen LogP contribution is 2.36. The molecular formula is C14H19BrF3NO2. The van der Waals surface area contributed by atoms with E-state index in [0.29, 0.717) is 12.3 Å². The quantitative estimate of drug-likeness (QED) is 0.679. The van der Waals surface area contributed by atoms with Crippen LogP contribution < -0.4 is 5.32 Å². The van der Waals surface area contributed by atoms with E-state index in [-0.39, 0.29) is 17.6 Å². The highest BCUT2D eigenvalue weighted by molar-refractivity contribution is 9.10. The molecule has 21 heavy (non-hydrogen) atoms. The molecule has 0 saturated carbocycles. The fraction of sp³-hybridized carbons (Fsp3) is 0.571. The van der Waals surface area contributed by atoms with E-state index in [9.17, 15) is 18.3 Å². The van der Waals surface area contributed by atoms with E-state index >= 15 is 0 Å². The average molecular weight is 370 g/mol. The molecule has 0 aliphatic rings. The van der Waals surface area contributed by atoms with Gasteiger partial charge in [0, 0.05) is 23.3 Å². The van der Waals surface area contributed by atoms with Gasteiger partial charge in [-0.15, -0.1) is 0 Å². The lowest BCUT2D eigenvalue weighted by Crippen LogP contribution is -2.25. The van der Waals surface area contributed by atoms with E-state index in [1.165, 1.54) is 12.1 Å². The number of benzene rings is 1. The van der Waals surface area contributed by atoms with Crippen LogP contribution in [-0.4, -0.2) is 31.0 Å². The summed E-state index contributed by atoms with van der Waals surface area (Å²) in [7, 11) is 0. The summed E-state index contributed by atoms with van der Waals surface area (Å²) in [4.78, 5) is 0. The van der Waals surface area contributed by atoms with Crippen molar-refractivity contribution in [3.05, 3.63) is 28.2 Å². The molecule has 0 aliphatic heterocycles. The molecule has 120 valence electrons. The number of aliphatic hydroxyl groups excluding tert-OH is 1. The zero-order valence-corrected chi connectivity index (χ0v) is 13.3. The summed E-state index contributed by atoms with van der Waals surface area (Å²) in [6.07, 6.45) is -3.26. The molecule has 0 spiro atoms. The van der Waals surface area contributed by atoms with Crippen molar-refractivity contribution < 1.29 is 23.0 Å². The number of unbranched alkanes of at least 4 members (excludes halogenated alkanes) is 1. The lowest BCUT2D eigenvalue weighted by Gasteiger charge is -2.15. The van der Waals surface area contributed by atoms with Gasteiger partial charge in [-0.2, -0.15) is 13.2 Å². The molecule has 0 amide bonds. The number of hydrogen-bond donors (Lipinski definition) is 2. The van der Waals surface area contributed by atoms with Crippen LogP contribution in [0.25, 0.3) is 0 Å². The zero-order valence-electron chi connectivity index (χ0n) is 11.7. The number of ether oxygens (including phenoxy) is 1. The van der Waals surface area contributed by atoms with Crippen LogP contribution in [-0.2, 0) is 10.9 Å². The molecule has 7 heteroatoms. The molecule has 0 aromatic heterocycles. The summed E-state index contributed by atoms with van der Waals surface area (Å²) in [6.45, 7) is 2.90. The van der Waals surface area contributed by atoms with E-state index in [1.807, 2.05) is 6.92 Å². The summed E-state index contributed by atoms with van der Waals surface area (Å²) in [5.74, 6) is 0. The van der Waals surface area contributed by atoms with Gasteiger partial charge >= 0.3 is 6.18 Å². The summed E-state index contributed by atoms with van der Waals surface area (Å²) in [5, 5.41) is 12.4. The zero-order chi connectivity index (χ0) is 15.9. The van der Waals surface area contributed by atoms with Gasteiger partial charge in [0.15, 0.2) is 0 Å². The maximum atomic E-state index is 12.7. The van der Waals surface area contributed by atoms with E-state index in [2.05, 4.69) is 21.2 Å². The SMILES string of the molecule is CCCCOCC(O)CNc1ccc(Br)c(C(F)(F)F)c1. The van der Waals surface area contributed by atoms with E-state index in [0.717, 1.165) is 18.9 Å². The number of nitrogens with one attached hydrogen (secondary N) is 1.